The lowest BCUT2D eigenvalue weighted by Gasteiger charge is -2.47. The lowest BCUT2D eigenvalue weighted by molar-refractivity contribution is -0.455. The highest BCUT2D eigenvalue weighted by Gasteiger charge is 2.70. The van der Waals surface area contributed by atoms with E-state index in [1.54, 1.807) is 11.8 Å². The molecule has 2 atom stereocenters. The second-order valence-electron chi connectivity index (χ2n) is 9.74. The van der Waals surface area contributed by atoms with E-state index in [1.807, 2.05) is 59.4 Å². The molecule has 0 bridgehead atoms. The minimum Gasteiger partial charge on any atom is -0.304 e. The van der Waals surface area contributed by atoms with Gasteiger partial charge >= 0.3 is 0 Å². The van der Waals surface area contributed by atoms with E-state index in [-0.39, 0.29) is 0 Å². The van der Waals surface area contributed by atoms with Gasteiger partial charge in [-0.2, -0.15) is 10.5 Å². The van der Waals surface area contributed by atoms with Gasteiger partial charge in [0.2, 0.25) is 5.69 Å². The monoisotopic (exact) mass is 521 g/mol. The zero-order valence-electron chi connectivity index (χ0n) is 20.9. The standard InChI is InChI=1S/C33H23N5S/c1-4-14-24(15-5-1)34-31-37(25-16-6-2-7-17-25)32-29-22-12-10-20-27(29)28-21-11-13-23-30(28)33(32,39-31)36-38(35-32)26-18-8-3-9-19-26/h1-23H/t32-,33+/m0/s1. The van der Waals surface area contributed by atoms with Crippen LogP contribution in [0.1, 0.15) is 11.1 Å². The number of hydrogen-bond acceptors (Lipinski definition) is 3. The smallest absolute Gasteiger partial charge is 0.225 e. The van der Waals surface area contributed by atoms with E-state index in [4.69, 9.17) is 15.5 Å². The van der Waals surface area contributed by atoms with Crippen molar-refractivity contribution in [3.63, 3.8) is 0 Å². The van der Waals surface area contributed by atoms with E-state index in [9.17, 15) is 0 Å². The average Bonchev–Trinajstić information content (AvgIpc) is 3.49. The largest absolute Gasteiger partial charge is 0.304 e. The summed E-state index contributed by atoms with van der Waals surface area (Å²) in [7, 11) is 0. The predicted octanol–water partition coefficient (Wildman–Crippen LogP) is 8.71. The van der Waals surface area contributed by atoms with Gasteiger partial charge in [-0.1, -0.05) is 115 Å². The van der Waals surface area contributed by atoms with E-state index in [1.165, 1.54) is 11.1 Å². The third-order valence-electron chi connectivity index (χ3n) is 7.57. The van der Waals surface area contributed by atoms with Gasteiger partial charge in [0.15, 0.2) is 10.8 Å². The van der Waals surface area contributed by atoms with Crippen LogP contribution in [0.3, 0.4) is 0 Å². The number of benzene rings is 5. The molecule has 2 aliphatic heterocycles. The van der Waals surface area contributed by atoms with E-state index in [0.717, 1.165) is 33.4 Å². The van der Waals surface area contributed by atoms with Gasteiger partial charge < -0.3 is 4.90 Å². The molecule has 1 fully saturated rings. The number of aliphatic imine (C=N–C) groups is 1. The SMILES string of the molecule is c1ccc(N=C2S[C@@]34[N-][N+](c5ccccc5)=N[C@@]3(c3ccccc3-c3ccccc34)N2c2ccccc2)cc1. The molecule has 2 heterocycles. The first-order valence-corrected chi connectivity index (χ1v) is 13.8. The van der Waals surface area contributed by atoms with Crippen molar-refractivity contribution in [2.75, 3.05) is 4.90 Å². The molecule has 8 rings (SSSR count). The summed E-state index contributed by atoms with van der Waals surface area (Å²) in [6.45, 7) is 0. The van der Waals surface area contributed by atoms with Gasteiger partial charge in [0.25, 0.3) is 0 Å². The van der Waals surface area contributed by atoms with Gasteiger partial charge in [0.05, 0.1) is 5.69 Å². The van der Waals surface area contributed by atoms with Crippen molar-refractivity contribution in [2.45, 2.75) is 10.5 Å². The number of thioether (sulfide) groups is 1. The van der Waals surface area contributed by atoms with Gasteiger partial charge in [-0.3, -0.25) is 0 Å². The summed E-state index contributed by atoms with van der Waals surface area (Å²) in [5.74, 6) is 0. The van der Waals surface area contributed by atoms with Gasteiger partial charge in [0, 0.05) is 17.8 Å². The molecule has 0 spiro atoms. The van der Waals surface area contributed by atoms with E-state index >= 15 is 0 Å². The molecule has 0 radical (unpaired) electrons. The second-order valence-corrected chi connectivity index (χ2v) is 10.9. The van der Waals surface area contributed by atoms with Crippen LogP contribution in [-0.2, 0) is 10.5 Å². The molecule has 0 amide bonds. The molecule has 1 saturated heterocycles. The molecule has 5 aromatic rings. The number of nitrogens with zero attached hydrogens (tertiary/aromatic N) is 5. The number of azo groups is 1. The highest BCUT2D eigenvalue weighted by atomic mass is 32.2. The van der Waals surface area contributed by atoms with Crippen LogP contribution < -0.4 is 4.90 Å². The second kappa shape index (κ2) is 8.41. The zero-order valence-corrected chi connectivity index (χ0v) is 21.7. The van der Waals surface area contributed by atoms with Crippen LogP contribution in [0.5, 0.6) is 0 Å². The van der Waals surface area contributed by atoms with Crippen molar-refractivity contribution < 1.29 is 4.81 Å². The van der Waals surface area contributed by atoms with Gasteiger partial charge in [-0.15, -0.1) is 4.81 Å². The van der Waals surface area contributed by atoms with Crippen molar-refractivity contribution in [1.82, 2.24) is 0 Å². The van der Waals surface area contributed by atoms with Gasteiger partial charge in [-0.25, -0.2) is 4.99 Å². The van der Waals surface area contributed by atoms with E-state index < -0.39 is 10.5 Å². The Kier molecular flexibility index (Phi) is 4.81. The molecule has 1 aliphatic carbocycles. The van der Waals surface area contributed by atoms with Crippen LogP contribution in [-0.4, -0.2) is 9.97 Å². The maximum atomic E-state index is 5.55. The number of hydrogen-bond donors (Lipinski definition) is 0. The Morgan fingerprint density at radius 1 is 0.641 bits per heavy atom. The quantitative estimate of drug-likeness (QED) is 0.223. The van der Waals surface area contributed by atoms with Crippen LogP contribution >= 0.6 is 11.8 Å². The molecule has 3 aliphatic rings. The summed E-state index contributed by atoms with van der Waals surface area (Å²) < 4.78 is 0. The Hall–Kier alpha value is -4.68. The molecule has 6 heteroatoms. The Balaban J connectivity index is 1.50. The molecule has 5 aromatic carbocycles. The summed E-state index contributed by atoms with van der Waals surface area (Å²) in [6, 6.07) is 48.0. The fourth-order valence-electron chi connectivity index (χ4n) is 5.96. The highest BCUT2D eigenvalue weighted by molar-refractivity contribution is 8.15. The van der Waals surface area contributed by atoms with Gasteiger partial charge in [-0.05, 0) is 46.5 Å². The predicted molar refractivity (Wildman–Crippen MR) is 157 cm³/mol. The Labute approximate surface area is 231 Å². The summed E-state index contributed by atoms with van der Waals surface area (Å²) in [5.41, 5.74) is 12.0. The van der Waals surface area contributed by atoms with Crippen molar-refractivity contribution in [1.29, 1.82) is 0 Å². The minimum atomic E-state index is -0.895. The highest BCUT2D eigenvalue weighted by Crippen LogP contribution is 2.72. The van der Waals surface area contributed by atoms with Crippen LogP contribution in [0, 0.1) is 0 Å². The van der Waals surface area contributed by atoms with Crippen molar-refractivity contribution in [3.8, 4) is 11.1 Å². The summed E-state index contributed by atoms with van der Waals surface area (Å²) in [4.78, 5) is 8.56. The minimum absolute atomic E-state index is 0.794. The van der Waals surface area contributed by atoms with Crippen molar-refractivity contribution in [2.24, 2.45) is 10.1 Å². The Morgan fingerprint density at radius 3 is 1.92 bits per heavy atom. The molecule has 0 unspecified atom stereocenters. The third-order valence-corrected chi connectivity index (χ3v) is 8.91. The summed E-state index contributed by atoms with van der Waals surface area (Å²) in [5, 5.41) is 6.41. The molecular formula is C33H23N5S. The fourth-order valence-corrected chi connectivity index (χ4v) is 7.49. The Bertz CT molecular complexity index is 1770. The normalized spacial score (nSPS) is 23.3. The van der Waals surface area contributed by atoms with Crippen molar-refractivity contribution >= 4 is 34.0 Å². The first kappa shape index (κ1) is 22.3. The number of amidine groups is 1. The topological polar surface area (TPSA) is 45.1 Å². The average molecular weight is 522 g/mol. The maximum Gasteiger partial charge on any atom is 0.225 e. The van der Waals surface area contributed by atoms with Crippen LogP contribution in [0.25, 0.3) is 16.6 Å². The molecule has 186 valence electrons. The van der Waals surface area contributed by atoms with Gasteiger partial charge in [0.1, 0.15) is 4.87 Å². The number of anilines is 1. The number of rotatable bonds is 3. The first-order valence-electron chi connectivity index (χ1n) is 13.0. The maximum absolute atomic E-state index is 5.55. The van der Waals surface area contributed by atoms with Crippen LogP contribution in [0.2, 0.25) is 0 Å². The third kappa shape index (κ3) is 3.06. The molecule has 0 N–H and O–H groups in total. The first-order chi connectivity index (χ1) is 19.3. The molecule has 5 nitrogen and oxygen atoms in total. The van der Waals surface area contributed by atoms with E-state index in [2.05, 4.69) is 89.8 Å². The Morgan fingerprint density at radius 2 is 1.21 bits per heavy atom. The lowest BCUT2D eigenvalue weighted by atomic mass is 9.74. The number of para-hydroxylation sites is 3. The zero-order chi connectivity index (χ0) is 25.9. The van der Waals surface area contributed by atoms with Crippen LogP contribution in [0.15, 0.2) is 150 Å². The fraction of sp³-hybridized carbons (Fsp3) is 0.0606. The molecule has 39 heavy (non-hydrogen) atoms. The summed E-state index contributed by atoms with van der Waals surface area (Å²) >= 11 is 1.68. The lowest BCUT2D eigenvalue weighted by Crippen LogP contribution is -2.52. The molecule has 0 aromatic heterocycles. The molecule has 0 saturated carbocycles. The van der Waals surface area contributed by atoms with Crippen molar-refractivity contribution in [3.05, 3.63) is 156 Å². The summed E-state index contributed by atoms with van der Waals surface area (Å²) in [6.07, 6.45) is 0. The number of fused-ring (bicyclic) bond motifs is 3. The van der Waals surface area contributed by atoms with E-state index in [0.29, 0.717) is 0 Å². The van der Waals surface area contributed by atoms with Crippen LogP contribution in [0.4, 0.5) is 17.1 Å². The molecular weight excluding hydrogens is 498 g/mol.